The Labute approximate surface area is 673 Å². The molecular weight excluding hydrogens is 1500 g/mol. The Kier molecular flexibility index (Phi) is 45.2. The summed E-state index contributed by atoms with van der Waals surface area (Å²) >= 11 is 0. The van der Waals surface area contributed by atoms with E-state index in [4.69, 9.17) is 66.3 Å². The number of nitrogens with one attached hydrogen (secondary N) is 6. The van der Waals surface area contributed by atoms with Crippen LogP contribution in [0.5, 0.6) is 11.5 Å². The molecule has 0 aliphatic carbocycles. The van der Waals surface area contributed by atoms with E-state index >= 15 is 0 Å². The quantitative estimate of drug-likeness (QED) is 0.0124. The Hall–Kier alpha value is -9.67. The molecule has 0 saturated carbocycles. The Morgan fingerprint density at radius 1 is 0.470 bits per heavy atom. The van der Waals surface area contributed by atoms with E-state index in [-0.39, 0.29) is 173 Å². The van der Waals surface area contributed by atoms with Crippen molar-refractivity contribution < 1.29 is 124 Å². The summed E-state index contributed by atoms with van der Waals surface area (Å²) in [6.07, 6.45) is -1.21. The Balaban J connectivity index is 1.13. The lowest BCUT2D eigenvalue weighted by Gasteiger charge is -2.44. The number of ether oxygens (including phenoxy) is 14. The predicted octanol–water partition coefficient (Wildman–Crippen LogP) is 6.18. The summed E-state index contributed by atoms with van der Waals surface area (Å²) in [6.45, 7) is 10.8. The van der Waals surface area contributed by atoms with Crippen LogP contribution in [-0.4, -0.2) is 215 Å². The smallest absolute Gasteiger partial charge is 0.306 e. The van der Waals surface area contributed by atoms with Gasteiger partial charge in [0.05, 0.1) is 86.7 Å². The standard InChI is InChI=1S/C83H118N6O26/c1-9-104-43-40-84-71(94)34-37-82(38-35-72(95)85-41-44-105-10-2,39-36-73(96)86-42-45-106-46-47-107-48-49-108-50-51-109-81-78(87-58(3)90)80(114-61(6)93)79(113-60(5)92)70(115-81)57-110-59(4)91)89-75(98)23-19-14-12-11-13-18-22-74(97)88-67-53-62(55-111-77(101)33-32-76(99)100)52-63(54-67)56-112-83(64-20-16-15-17-21-64,65-24-28-68(102-7)29-25-65)66-26-30-69(103-8)31-27-66/h15-17,20-21,24-31,52-54,70,78-81H,9-14,18-19,22-23,32-51,55-57H2,1-8H3,(H,84,94)(H,85,95)(H,86,96)(H,87,90)(H,88,97)(H,89,98)(H,99,100)/p-1. The monoisotopic (exact) mass is 1610 g/mol. The minimum atomic E-state index is -1.38. The molecule has 32 nitrogen and oxygen atoms in total. The van der Waals surface area contributed by atoms with Gasteiger partial charge in [0.1, 0.15) is 42.5 Å². The zero-order valence-corrected chi connectivity index (χ0v) is 67.6. The molecule has 32 heteroatoms. The first-order valence-corrected chi connectivity index (χ1v) is 39.2. The third kappa shape index (κ3) is 37.2. The molecule has 4 aromatic carbocycles. The van der Waals surface area contributed by atoms with Crippen LogP contribution >= 0.6 is 0 Å². The highest BCUT2D eigenvalue weighted by molar-refractivity contribution is 5.91. The summed E-state index contributed by atoms with van der Waals surface area (Å²) in [6, 6.07) is 29.1. The number of benzene rings is 4. The molecule has 1 saturated heterocycles. The van der Waals surface area contributed by atoms with Crippen LogP contribution in [0.25, 0.3) is 0 Å². The SMILES string of the molecule is CCOCCNC(=O)CCC(CCC(=O)NCCOCC)(CCC(=O)NCCOCCOCCOCCOC1OC(COC(C)=O)C(OC(C)=O)C(OC(C)=O)C1NC(C)=O)NC(=O)CCCCCCCCC(=O)Nc1cc(COC(=O)CCC(=O)[O-])cc(COC(c2ccccc2)(c2ccc(OC)cc2)c2ccc(OC)cc2)c1. The molecule has 6 amide bonds. The van der Waals surface area contributed by atoms with E-state index < -0.39 is 84.0 Å². The molecule has 1 aliphatic heterocycles. The van der Waals surface area contributed by atoms with E-state index in [2.05, 4.69) is 31.9 Å². The maximum Gasteiger partial charge on any atom is 0.306 e. The van der Waals surface area contributed by atoms with Gasteiger partial charge in [0.2, 0.25) is 35.4 Å². The number of carbonyl (C=O) groups is 11. The van der Waals surface area contributed by atoms with E-state index in [0.29, 0.717) is 80.4 Å². The Morgan fingerprint density at radius 3 is 1.43 bits per heavy atom. The number of methoxy groups -OCH3 is 2. The van der Waals surface area contributed by atoms with Gasteiger partial charge in [-0.15, -0.1) is 0 Å². The molecule has 5 rings (SSSR count). The Morgan fingerprint density at radius 2 is 0.939 bits per heavy atom. The van der Waals surface area contributed by atoms with Gasteiger partial charge in [0.15, 0.2) is 18.5 Å². The fourth-order valence-corrected chi connectivity index (χ4v) is 12.7. The van der Waals surface area contributed by atoms with Crippen molar-refractivity contribution in [3.63, 3.8) is 0 Å². The average molecular weight is 1610 g/mol. The van der Waals surface area contributed by atoms with Crippen molar-refractivity contribution in [2.45, 2.75) is 199 Å². The molecule has 0 bridgehead atoms. The fraction of sp³-hybridized carbons (Fsp3) is 0.578. The largest absolute Gasteiger partial charge is 0.550 e. The van der Waals surface area contributed by atoms with Crippen molar-refractivity contribution in [1.29, 1.82) is 0 Å². The van der Waals surface area contributed by atoms with Crippen LogP contribution in [0.1, 0.15) is 172 Å². The summed E-state index contributed by atoms with van der Waals surface area (Å²) < 4.78 is 79.4. The number of hydrogen-bond acceptors (Lipinski definition) is 26. The fourth-order valence-electron chi connectivity index (χ4n) is 12.7. The van der Waals surface area contributed by atoms with Crippen molar-refractivity contribution in [1.82, 2.24) is 26.6 Å². The van der Waals surface area contributed by atoms with Crippen molar-refractivity contribution in [2.75, 3.05) is 118 Å². The van der Waals surface area contributed by atoms with Gasteiger partial charge in [-0.3, -0.25) is 47.9 Å². The van der Waals surface area contributed by atoms with E-state index in [0.717, 1.165) is 43.4 Å². The molecule has 0 spiro atoms. The van der Waals surface area contributed by atoms with Gasteiger partial charge in [0.25, 0.3) is 0 Å². The van der Waals surface area contributed by atoms with Crippen molar-refractivity contribution in [3.05, 3.63) is 125 Å². The van der Waals surface area contributed by atoms with E-state index in [1.807, 2.05) is 92.7 Å². The van der Waals surface area contributed by atoms with Gasteiger partial charge in [-0.2, -0.15) is 0 Å². The highest BCUT2D eigenvalue weighted by Gasteiger charge is 2.51. The molecule has 6 N–H and O–H groups in total. The number of carboxylic acid groups (broad SMARTS) is 1. The van der Waals surface area contributed by atoms with E-state index in [1.54, 1.807) is 32.4 Å². The predicted molar refractivity (Wildman–Crippen MR) is 416 cm³/mol. The van der Waals surface area contributed by atoms with E-state index in [1.165, 1.54) is 13.8 Å². The molecular formula is C83H117N6O26-. The number of rotatable bonds is 59. The van der Waals surface area contributed by atoms with Crippen molar-refractivity contribution in [3.8, 4) is 11.5 Å². The maximum atomic E-state index is 14.1. The van der Waals surface area contributed by atoms with Crippen molar-refractivity contribution in [2.24, 2.45) is 0 Å². The highest BCUT2D eigenvalue weighted by atomic mass is 16.7. The summed E-state index contributed by atoms with van der Waals surface area (Å²) in [5.74, 6) is -4.94. The zero-order valence-electron chi connectivity index (χ0n) is 67.6. The molecule has 5 atom stereocenters. The van der Waals surface area contributed by atoms with Crippen LogP contribution in [0.3, 0.4) is 0 Å². The lowest BCUT2D eigenvalue weighted by Crippen LogP contribution is -2.66. The third-order valence-electron chi connectivity index (χ3n) is 18.3. The molecule has 1 aliphatic rings. The number of carbonyl (C=O) groups excluding carboxylic acids is 11. The summed E-state index contributed by atoms with van der Waals surface area (Å²) in [5.41, 5.74) is 1.65. The van der Waals surface area contributed by atoms with Crippen LogP contribution < -0.4 is 46.5 Å². The molecule has 1 heterocycles. The molecule has 5 unspecified atom stereocenters. The zero-order chi connectivity index (χ0) is 83.6. The molecule has 0 radical (unpaired) electrons. The number of unbranched alkanes of at least 4 members (excludes halogenated alkanes) is 5. The normalized spacial score (nSPS) is 15.3. The number of amides is 6. The second-order valence-electron chi connectivity index (χ2n) is 27.2. The van der Waals surface area contributed by atoms with Crippen LogP contribution in [0.15, 0.2) is 97.1 Å². The summed E-state index contributed by atoms with van der Waals surface area (Å²) in [5, 5.41) is 28.5. The molecule has 1 fully saturated rings. The van der Waals surface area contributed by atoms with Gasteiger partial charge in [-0.05, 0) is 123 Å². The first-order valence-electron chi connectivity index (χ1n) is 39.2. The molecule has 0 aromatic heterocycles. The minimum Gasteiger partial charge on any atom is -0.550 e. The van der Waals surface area contributed by atoms with Crippen LogP contribution in [-0.2, 0) is 128 Å². The van der Waals surface area contributed by atoms with Gasteiger partial charge >= 0.3 is 23.9 Å². The molecule has 115 heavy (non-hydrogen) atoms. The van der Waals surface area contributed by atoms with Crippen LogP contribution in [0.4, 0.5) is 5.69 Å². The number of anilines is 1. The molecule has 636 valence electrons. The average Bonchev–Trinajstić information content (AvgIpc) is 0.748. The highest BCUT2D eigenvalue weighted by Crippen LogP contribution is 2.43. The topological polar surface area (TPSA) is 412 Å². The first-order chi connectivity index (χ1) is 55.4. The first kappa shape index (κ1) is 95.9. The molecule has 4 aromatic rings. The lowest BCUT2D eigenvalue weighted by molar-refractivity contribution is -0.305. The maximum absolute atomic E-state index is 14.1. The lowest BCUT2D eigenvalue weighted by atomic mass is 9.80. The number of carboxylic acids is 1. The van der Waals surface area contributed by atoms with Crippen LogP contribution in [0.2, 0.25) is 0 Å². The van der Waals surface area contributed by atoms with Gasteiger partial charge in [-0.1, -0.05) is 80.3 Å². The summed E-state index contributed by atoms with van der Waals surface area (Å²) in [4.78, 5) is 140. The second kappa shape index (κ2) is 54.2. The third-order valence-corrected chi connectivity index (χ3v) is 18.3. The number of esters is 4. The van der Waals surface area contributed by atoms with Gasteiger partial charge in [0, 0.05) is 110 Å². The number of hydrogen-bond donors (Lipinski definition) is 6. The minimum absolute atomic E-state index is 0.00192. The van der Waals surface area contributed by atoms with Gasteiger partial charge in [-0.25, -0.2) is 0 Å². The number of aliphatic carboxylic acids is 1. The van der Waals surface area contributed by atoms with Crippen LogP contribution in [0, 0.1) is 0 Å². The van der Waals surface area contributed by atoms with E-state index in [9.17, 15) is 57.8 Å². The Bertz CT molecular complexity index is 3550. The summed E-state index contributed by atoms with van der Waals surface area (Å²) in [7, 11) is 3.18. The van der Waals surface area contributed by atoms with Crippen molar-refractivity contribution >= 4 is 71.0 Å². The van der Waals surface area contributed by atoms with Gasteiger partial charge < -0.3 is 108 Å². The second-order valence-corrected chi connectivity index (χ2v) is 27.2.